The van der Waals surface area contributed by atoms with Crippen molar-refractivity contribution in [3.05, 3.63) is 84.4 Å². The van der Waals surface area contributed by atoms with E-state index in [1.807, 2.05) is 60.7 Å². The van der Waals surface area contributed by atoms with Crippen molar-refractivity contribution in [2.75, 3.05) is 25.1 Å². The third-order valence-corrected chi connectivity index (χ3v) is 5.57. The molecule has 4 nitrogen and oxygen atoms in total. The number of rotatable bonds is 13. The summed E-state index contributed by atoms with van der Waals surface area (Å²) in [7, 11) is 0. The normalized spacial score (nSPS) is 12.6. The Hall–Kier alpha value is -3.14. The Labute approximate surface area is 192 Å². The van der Waals surface area contributed by atoms with Gasteiger partial charge in [-0.1, -0.05) is 69.3 Å². The molecule has 0 aliphatic heterocycles. The molecular weight excluding hydrogens is 398 g/mol. The summed E-state index contributed by atoms with van der Waals surface area (Å²) in [6.07, 6.45) is 2.07. The van der Waals surface area contributed by atoms with E-state index in [2.05, 4.69) is 44.3 Å². The smallest absolute Gasteiger partial charge is 0.142 e. The highest BCUT2D eigenvalue weighted by atomic mass is 16.5. The molecule has 3 rings (SSSR count). The van der Waals surface area contributed by atoms with Gasteiger partial charge in [0, 0.05) is 0 Å². The zero-order valence-corrected chi connectivity index (χ0v) is 19.4. The van der Waals surface area contributed by atoms with Gasteiger partial charge in [-0.2, -0.15) is 0 Å². The van der Waals surface area contributed by atoms with Gasteiger partial charge >= 0.3 is 0 Å². The number of hydrogen-bond acceptors (Lipinski definition) is 4. The van der Waals surface area contributed by atoms with Crippen molar-refractivity contribution in [2.24, 2.45) is 0 Å². The minimum Gasteiger partial charge on any atom is -0.490 e. The van der Waals surface area contributed by atoms with Crippen LogP contribution in [-0.2, 0) is 0 Å². The van der Waals surface area contributed by atoms with E-state index < -0.39 is 0 Å². The van der Waals surface area contributed by atoms with Crippen LogP contribution in [0, 0.1) is 0 Å². The molecule has 0 heterocycles. The van der Waals surface area contributed by atoms with Crippen LogP contribution < -0.4 is 19.5 Å². The highest BCUT2D eigenvalue weighted by molar-refractivity contribution is 5.56. The fraction of sp³-hybridized carbons (Fsp3) is 0.357. The lowest BCUT2D eigenvalue weighted by Crippen LogP contribution is -2.26. The quantitative estimate of drug-likeness (QED) is 0.297. The SMILES string of the molecule is CCC(CNc1ccccc1OCCOc1ccccc1)Oc1ccccc1C(C)CC. The van der Waals surface area contributed by atoms with Crippen molar-refractivity contribution in [3.63, 3.8) is 0 Å². The van der Waals surface area contributed by atoms with E-state index in [-0.39, 0.29) is 6.10 Å². The van der Waals surface area contributed by atoms with Crippen LogP contribution in [0.15, 0.2) is 78.9 Å². The Morgan fingerprint density at radius 2 is 1.38 bits per heavy atom. The van der Waals surface area contributed by atoms with Crippen LogP contribution in [0.4, 0.5) is 5.69 Å². The van der Waals surface area contributed by atoms with E-state index in [1.54, 1.807) is 0 Å². The van der Waals surface area contributed by atoms with Crippen LogP contribution in [-0.4, -0.2) is 25.9 Å². The van der Waals surface area contributed by atoms with Gasteiger partial charge in [0.25, 0.3) is 0 Å². The third-order valence-electron chi connectivity index (χ3n) is 5.57. The first-order valence-corrected chi connectivity index (χ1v) is 11.6. The molecule has 0 radical (unpaired) electrons. The second kappa shape index (κ2) is 12.7. The van der Waals surface area contributed by atoms with Crippen molar-refractivity contribution < 1.29 is 14.2 Å². The standard InChI is InChI=1S/C28H35NO3/c1-4-22(3)25-15-9-11-17-27(25)32-23(5-2)21-29-26-16-10-12-18-28(26)31-20-19-30-24-13-7-6-8-14-24/h6-18,22-23,29H,4-5,19-21H2,1-3H3. The molecule has 4 heteroatoms. The summed E-state index contributed by atoms with van der Waals surface area (Å²) in [4.78, 5) is 0. The number of para-hydroxylation sites is 4. The van der Waals surface area contributed by atoms with Gasteiger partial charge in [-0.3, -0.25) is 0 Å². The molecule has 3 aromatic carbocycles. The molecule has 0 aliphatic carbocycles. The van der Waals surface area contributed by atoms with Crippen LogP contribution in [0.5, 0.6) is 17.2 Å². The molecule has 0 saturated carbocycles. The molecule has 32 heavy (non-hydrogen) atoms. The first kappa shape index (κ1) is 23.5. The van der Waals surface area contributed by atoms with Crippen LogP contribution in [0.25, 0.3) is 0 Å². The number of ether oxygens (including phenoxy) is 3. The van der Waals surface area contributed by atoms with Crippen molar-refractivity contribution in [3.8, 4) is 17.2 Å². The molecule has 1 N–H and O–H groups in total. The second-order valence-corrected chi connectivity index (χ2v) is 7.88. The van der Waals surface area contributed by atoms with Gasteiger partial charge in [-0.15, -0.1) is 0 Å². The van der Waals surface area contributed by atoms with E-state index in [4.69, 9.17) is 14.2 Å². The first-order chi connectivity index (χ1) is 15.7. The van der Waals surface area contributed by atoms with Gasteiger partial charge in [0.2, 0.25) is 0 Å². The van der Waals surface area contributed by atoms with Crippen LogP contribution in [0.1, 0.15) is 45.1 Å². The molecule has 170 valence electrons. The summed E-state index contributed by atoms with van der Waals surface area (Å²) in [5.74, 6) is 3.13. The van der Waals surface area contributed by atoms with E-state index in [0.29, 0.717) is 25.7 Å². The summed E-state index contributed by atoms with van der Waals surface area (Å²) in [5, 5.41) is 3.51. The monoisotopic (exact) mass is 433 g/mol. The highest BCUT2D eigenvalue weighted by Crippen LogP contribution is 2.30. The lowest BCUT2D eigenvalue weighted by molar-refractivity contribution is 0.206. The average Bonchev–Trinajstić information content (AvgIpc) is 2.85. The zero-order chi connectivity index (χ0) is 22.6. The molecule has 0 saturated heterocycles. The number of benzene rings is 3. The van der Waals surface area contributed by atoms with Gasteiger partial charge in [0.1, 0.15) is 36.6 Å². The Balaban J connectivity index is 1.54. The minimum absolute atomic E-state index is 0.0645. The van der Waals surface area contributed by atoms with Gasteiger partial charge in [-0.05, 0) is 54.7 Å². The van der Waals surface area contributed by atoms with Gasteiger partial charge in [0.15, 0.2) is 0 Å². The Kier molecular flexibility index (Phi) is 9.30. The van der Waals surface area contributed by atoms with Crippen LogP contribution in [0.3, 0.4) is 0 Å². The molecule has 3 aromatic rings. The van der Waals surface area contributed by atoms with Crippen molar-refractivity contribution in [1.82, 2.24) is 0 Å². The Morgan fingerprint density at radius 3 is 2.12 bits per heavy atom. The maximum Gasteiger partial charge on any atom is 0.142 e. The summed E-state index contributed by atoms with van der Waals surface area (Å²) < 4.78 is 18.1. The maximum atomic E-state index is 6.40. The van der Waals surface area contributed by atoms with E-state index >= 15 is 0 Å². The molecular formula is C28H35NO3. The third kappa shape index (κ3) is 6.94. The van der Waals surface area contributed by atoms with Crippen LogP contribution in [0.2, 0.25) is 0 Å². The van der Waals surface area contributed by atoms with E-state index in [9.17, 15) is 0 Å². The molecule has 0 amide bonds. The maximum absolute atomic E-state index is 6.40. The molecule has 0 aliphatic rings. The lowest BCUT2D eigenvalue weighted by Gasteiger charge is -2.23. The van der Waals surface area contributed by atoms with E-state index in [0.717, 1.165) is 35.8 Å². The average molecular weight is 434 g/mol. The molecule has 2 atom stereocenters. The Morgan fingerprint density at radius 1 is 0.719 bits per heavy atom. The Bertz CT molecular complexity index is 929. The van der Waals surface area contributed by atoms with Gasteiger partial charge in [0.05, 0.1) is 12.2 Å². The highest BCUT2D eigenvalue weighted by Gasteiger charge is 2.15. The molecule has 0 fully saturated rings. The summed E-state index contributed by atoms with van der Waals surface area (Å²) in [5.41, 5.74) is 2.24. The van der Waals surface area contributed by atoms with Crippen molar-refractivity contribution >= 4 is 5.69 Å². The number of hydrogen-bond donors (Lipinski definition) is 1. The van der Waals surface area contributed by atoms with Crippen molar-refractivity contribution in [1.29, 1.82) is 0 Å². The van der Waals surface area contributed by atoms with E-state index in [1.165, 1.54) is 5.56 Å². The zero-order valence-electron chi connectivity index (χ0n) is 19.4. The molecule has 0 bridgehead atoms. The van der Waals surface area contributed by atoms with Gasteiger partial charge in [-0.25, -0.2) is 0 Å². The van der Waals surface area contributed by atoms with Gasteiger partial charge < -0.3 is 19.5 Å². The minimum atomic E-state index is 0.0645. The van der Waals surface area contributed by atoms with Crippen molar-refractivity contribution in [2.45, 2.75) is 45.6 Å². The summed E-state index contributed by atoms with van der Waals surface area (Å²) in [6, 6.07) is 26.2. The fourth-order valence-corrected chi connectivity index (χ4v) is 3.45. The largest absolute Gasteiger partial charge is 0.490 e. The predicted octanol–water partition coefficient (Wildman–Crippen LogP) is 6.93. The lowest BCUT2D eigenvalue weighted by atomic mass is 9.98. The number of nitrogens with one attached hydrogen (secondary N) is 1. The first-order valence-electron chi connectivity index (χ1n) is 11.6. The second-order valence-electron chi connectivity index (χ2n) is 7.88. The van der Waals surface area contributed by atoms with Crippen LogP contribution >= 0.6 is 0 Å². The fourth-order valence-electron chi connectivity index (χ4n) is 3.45. The number of anilines is 1. The molecule has 0 aromatic heterocycles. The summed E-state index contributed by atoms with van der Waals surface area (Å²) >= 11 is 0. The predicted molar refractivity (Wildman–Crippen MR) is 132 cm³/mol. The topological polar surface area (TPSA) is 39.7 Å². The molecule has 0 spiro atoms. The molecule has 2 unspecified atom stereocenters. The summed E-state index contributed by atoms with van der Waals surface area (Å²) in [6.45, 7) is 8.28.